The van der Waals surface area contributed by atoms with Crippen LogP contribution in [0.25, 0.3) is 11.4 Å². The summed E-state index contributed by atoms with van der Waals surface area (Å²) in [6.45, 7) is 2.19. The van der Waals surface area contributed by atoms with Crippen molar-refractivity contribution in [2.24, 2.45) is 0 Å². The van der Waals surface area contributed by atoms with Crippen LogP contribution in [0.5, 0.6) is 0 Å². The zero-order valence-corrected chi connectivity index (χ0v) is 15.9. The third kappa shape index (κ3) is 3.41. The van der Waals surface area contributed by atoms with Gasteiger partial charge in [-0.05, 0) is 43.3 Å². The number of hydrogen-bond acceptors (Lipinski definition) is 4. The highest BCUT2D eigenvalue weighted by Crippen LogP contribution is 2.27. The molecule has 0 aliphatic carbocycles. The van der Waals surface area contributed by atoms with Crippen LogP contribution < -0.4 is 0 Å². The van der Waals surface area contributed by atoms with E-state index in [-0.39, 0.29) is 23.8 Å². The van der Waals surface area contributed by atoms with Gasteiger partial charge in [0.05, 0.1) is 10.6 Å². The van der Waals surface area contributed by atoms with Crippen LogP contribution >= 0.6 is 0 Å². The number of sulfonamides is 1. The minimum atomic E-state index is -3.74. The minimum absolute atomic E-state index is 0.0484. The van der Waals surface area contributed by atoms with E-state index in [1.54, 1.807) is 19.1 Å². The van der Waals surface area contributed by atoms with Gasteiger partial charge in [0.1, 0.15) is 11.6 Å². The summed E-state index contributed by atoms with van der Waals surface area (Å²) in [5, 5.41) is 0. The van der Waals surface area contributed by atoms with Crippen LogP contribution in [0.3, 0.4) is 0 Å². The Morgan fingerprint density at radius 3 is 2.46 bits per heavy atom. The molecule has 0 unspecified atom stereocenters. The van der Waals surface area contributed by atoms with Crippen molar-refractivity contribution in [2.75, 3.05) is 6.54 Å². The van der Waals surface area contributed by atoms with Gasteiger partial charge in [0.2, 0.25) is 10.0 Å². The molecule has 2 aromatic carbocycles. The standard InChI is InChI=1S/C20H17F2N3O2S/c1-13-18-12-25(28(26,27)17-7-5-15(21)6-8-17)10-9-19(18)24-20(23-13)14-3-2-4-16(22)11-14/h2-8,11H,9-10,12H2,1H3. The Morgan fingerprint density at radius 2 is 1.75 bits per heavy atom. The molecule has 8 heteroatoms. The van der Waals surface area contributed by atoms with Crippen molar-refractivity contribution in [1.82, 2.24) is 14.3 Å². The lowest BCUT2D eigenvalue weighted by Gasteiger charge is -2.28. The van der Waals surface area contributed by atoms with Crippen LogP contribution in [0.2, 0.25) is 0 Å². The van der Waals surface area contributed by atoms with Gasteiger partial charge in [0.25, 0.3) is 0 Å². The molecular weight excluding hydrogens is 384 g/mol. The van der Waals surface area contributed by atoms with Crippen LogP contribution in [-0.2, 0) is 23.0 Å². The number of halogens is 2. The number of aromatic nitrogens is 2. The van der Waals surface area contributed by atoms with Crippen LogP contribution in [0.15, 0.2) is 53.4 Å². The quantitative estimate of drug-likeness (QED) is 0.674. The molecule has 0 saturated carbocycles. The first kappa shape index (κ1) is 18.6. The number of fused-ring (bicyclic) bond motifs is 1. The number of nitrogens with zero attached hydrogens (tertiary/aromatic N) is 3. The first-order valence-corrected chi connectivity index (χ1v) is 10.2. The Hall–Kier alpha value is -2.71. The Morgan fingerprint density at radius 1 is 1.00 bits per heavy atom. The lowest BCUT2D eigenvalue weighted by molar-refractivity contribution is 0.385. The zero-order valence-electron chi connectivity index (χ0n) is 15.1. The molecule has 144 valence electrons. The van der Waals surface area contributed by atoms with Gasteiger partial charge in [-0.1, -0.05) is 12.1 Å². The molecule has 0 atom stereocenters. The van der Waals surface area contributed by atoms with Crippen molar-refractivity contribution in [3.05, 3.63) is 77.1 Å². The van der Waals surface area contributed by atoms with Crippen LogP contribution in [-0.4, -0.2) is 29.2 Å². The molecule has 1 aliphatic heterocycles. The molecule has 0 radical (unpaired) electrons. The fourth-order valence-corrected chi connectivity index (χ4v) is 4.68. The number of aryl methyl sites for hydroxylation is 1. The van der Waals surface area contributed by atoms with E-state index in [1.807, 2.05) is 0 Å². The van der Waals surface area contributed by atoms with Crippen molar-refractivity contribution >= 4 is 10.0 Å². The molecule has 1 aliphatic rings. The van der Waals surface area contributed by atoms with E-state index in [2.05, 4.69) is 9.97 Å². The highest BCUT2D eigenvalue weighted by Gasteiger charge is 2.30. The fraction of sp³-hybridized carbons (Fsp3) is 0.200. The summed E-state index contributed by atoms with van der Waals surface area (Å²) < 4.78 is 53.7. The normalized spacial score (nSPS) is 14.7. The van der Waals surface area contributed by atoms with E-state index in [9.17, 15) is 17.2 Å². The van der Waals surface area contributed by atoms with E-state index < -0.39 is 15.8 Å². The van der Waals surface area contributed by atoms with Crippen molar-refractivity contribution < 1.29 is 17.2 Å². The lowest BCUT2D eigenvalue weighted by atomic mass is 10.1. The molecule has 0 saturated heterocycles. The number of hydrogen-bond donors (Lipinski definition) is 0. The summed E-state index contributed by atoms with van der Waals surface area (Å²) in [5.74, 6) is -0.435. The number of rotatable bonds is 3. The van der Waals surface area contributed by atoms with Gasteiger partial charge in [0.15, 0.2) is 5.82 Å². The summed E-state index contributed by atoms with van der Waals surface area (Å²) in [5.41, 5.74) is 2.74. The van der Waals surface area contributed by atoms with E-state index in [1.165, 1.54) is 28.6 Å². The van der Waals surface area contributed by atoms with Crippen molar-refractivity contribution in [1.29, 1.82) is 0 Å². The van der Waals surface area contributed by atoms with Crippen LogP contribution in [0.1, 0.15) is 17.0 Å². The Labute approximate surface area is 161 Å². The molecule has 0 N–H and O–H groups in total. The monoisotopic (exact) mass is 401 g/mol. The van der Waals surface area contributed by atoms with Gasteiger partial charge in [-0.3, -0.25) is 0 Å². The molecule has 0 spiro atoms. The molecule has 1 aromatic heterocycles. The maximum absolute atomic E-state index is 13.5. The summed E-state index contributed by atoms with van der Waals surface area (Å²) in [6.07, 6.45) is 0.418. The molecule has 3 aromatic rings. The predicted molar refractivity (Wildman–Crippen MR) is 99.9 cm³/mol. The maximum Gasteiger partial charge on any atom is 0.243 e. The van der Waals surface area contributed by atoms with Gasteiger partial charge in [-0.15, -0.1) is 0 Å². The average molecular weight is 401 g/mol. The summed E-state index contributed by atoms with van der Waals surface area (Å²) in [6, 6.07) is 10.8. The summed E-state index contributed by atoms with van der Waals surface area (Å²) in [7, 11) is -3.74. The second kappa shape index (κ2) is 7.03. The second-order valence-corrected chi connectivity index (χ2v) is 8.55. The Bertz CT molecular complexity index is 1150. The van der Waals surface area contributed by atoms with Gasteiger partial charge >= 0.3 is 0 Å². The summed E-state index contributed by atoms with van der Waals surface area (Å²) >= 11 is 0. The van der Waals surface area contributed by atoms with Crippen molar-refractivity contribution in [3.63, 3.8) is 0 Å². The minimum Gasteiger partial charge on any atom is -0.233 e. The maximum atomic E-state index is 13.5. The predicted octanol–water partition coefficient (Wildman–Crippen LogP) is 3.48. The summed E-state index contributed by atoms with van der Waals surface area (Å²) in [4.78, 5) is 9.04. The van der Waals surface area contributed by atoms with Crippen molar-refractivity contribution in [3.8, 4) is 11.4 Å². The third-order valence-electron chi connectivity index (χ3n) is 4.77. The highest BCUT2D eigenvalue weighted by atomic mass is 32.2. The molecule has 28 heavy (non-hydrogen) atoms. The topological polar surface area (TPSA) is 63.2 Å². The Balaban J connectivity index is 1.67. The largest absolute Gasteiger partial charge is 0.243 e. The zero-order chi connectivity index (χ0) is 19.9. The van der Waals surface area contributed by atoms with Gasteiger partial charge in [-0.25, -0.2) is 27.2 Å². The molecule has 2 heterocycles. The van der Waals surface area contributed by atoms with Gasteiger partial charge in [-0.2, -0.15) is 4.31 Å². The van der Waals surface area contributed by atoms with Gasteiger partial charge < -0.3 is 0 Å². The smallest absolute Gasteiger partial charge is 0.233 e. The van der Waals surface area contributed by atoms with Gasteiger partial charge in [0, 0.05) is 36.3 Å². The molecule has 5 nitrogen and oxygen atoms in total. The Kier molecular flexibility index (Phi) is 4.68. The van der Waals surface area contributed by atoms with E-state index in [0.29, 0.717) is 23.5 Å². The molecule has 0 amide bonds. The number of benzene rings is 2. The van der Waals surface area contributed by atoms with Crippen LogP contribution in [0.4, 0.5) is 8.78 Å². The first-order chi connectivity index (χ1) is 13.3. The highest BCUT2D eigenvalue weighted by molar-refractivity contribution is 7.89. The van der Waals surface area contributed by atoms with Crippen molar-refractivity contribution in [2.45, 2.75) is 24.8 Å². The first-order valence-electron chi connectivity index (χ1n) is 8.72. The molecule has 4 rings (SSSR count). The fourth-order valence-electron chi connectivity index (χ4n) is 3.27. The molecule has 0 fully saturated rings. The SMILES string of the molecule is Cc1nc(-c2cccc(F)c2)nc2c1CN(S(=O)(=O)c1ccc(F)cc1)CC2. The average Bonchev–Trinajstić information content (AvgIpc) is 2.68. The van der Waals surface area contributed by atoms with Crippen LogP contribution in [0, 0.1) is 18.6 Å². The van der Waals surface area contributed by atoms with E-state index in [0.717, 1.165) is 23.4 Å². The molecular formula is C20H17F2N3O2S. The van der Waals surface area contributed by atoms with E-state index >= 15 is 0 Å². The lowest BCUT2D eigenvalue weighted by Crippen LogP contribution is -2.37. The molecule has 0 bridgehead atoms. The van der Waals surface area contributed by atoms with E-state index in [4.69, 9.17) is 0 Å². The second-order valence-electron chi connectivity index (χ2n) is 6.61. The third-order valence-corrected chi connectivity index (χ3v) is 6.63.